The molecule has 5 nitrogen and oxygen atoms in total. The Labute approximate surface area is 131 Å². The van der Waals surface area contributed by atoms with Crippen LogP contribution in [0, 0.1) is 12.3 Å². The smallest absolute Gasteiger partial charge is 0.228 e. The summed E-state index contributed by atoms with van der Waals surface area (Å²) in [5.74, 6) is 0.602. The van der Waals surface area contributed by atoms with Crippen LogP contribution < -0.4 is 15.4 Å². The van der Waals surface area contributed by atoms with Crippen LogP contribution in [-0.4, -0.2) is 25.0 Å². The first-order valence-corrected chi connectivity index (χ1v) is 7.67. The minimum absolute atomic E-state index is 0.0733. The summed E-state index contributed by atoms with van der Waals surface area (Å²) in [6, 6.07) is 5.76. The number of benzene rings is 1. The molecule has 2 atom stereocenters. The maximum atomic E-state index is 12.5. The van der Waals surface area contributed by atoms with E-state index < -0.39 is 5.41 Å². The Morgan fingerprint density at radius 2 is 2.23 bits per heavy atom. The van der Waals surface area contributed by atoms with Crippen LogP contribution in [-0.2, 0) is 9.59 Å². The van der Waals surface area contributed by atoms with Gasteiger partial charge in [-0.25, -0.2) is 0 Å². The molecule has 2 unspecified atom stereocenters. The molecular formula is C17H24N2O3. The molecule has 1 aromatic rings. The van der Waals surface area contributed by atoms with Crippen molar-refractivity contribution in [1.82, 2.24) is 10.6 Å². The van der Waals surface area contributed by atoms with Gasteiger partial charge in [-0.15, -0.1) is 0 Å². The van der Waals surface area contributed by atoms with E-state index in [0.29, 0.717) is 13.2 Å². The fourth-order valence-corrected chi connectivity index (χ4v) is 2.68. The van der Waals surface area contributed by atoms with Crippen LogP contribution in [0.1, 0.15) is 44.4 Å². The van der Waals surface area contributed by atoms with Gasteiger partial charge in [0.25, 0.3) is 0 Å². The molecule has 2 N–H and O–H groups in total. The first-order chi connectivity index (χ1) is 10.4. The first kappa shape index (κ1) is 16.3. The summed E-state index contributed by atoms with van der Waals surface area (Å²) in [6.07, 6.45) is 0.234. The van der Waals surface area contributed by atoms with Gasteiger partial charge < -0.3 is 15.4 Å². The highest BCUT2D eigenvalue weighted by molar-refractivity contribution is 5.92. The number of aryl methyl sites for hydroxylation is 1. The van der Waals surface area contributed by atoms with Crippen LogP contribution >= 0.6 is 0 Å². The molecule has 2 rings (SSSR count). The number of ether oxygens (including phenoxy) is 1. The Bertz CT molecular complexity index is 585. The van der Waals surface area contributed by atoms with E-state index in [1.807, 2.05) is 45.9 Å². The lowest BCUT2D eigenvalue weighted by molar-refractivity contribution is -0.131. The van der Waals surface area contributed by atoms with E-state index in [4.69, 9.17) is 4.74 Å². The van der Waals surface area contributed by atoms with E-state index in [1.165, 1.54) is 0 Å². The van der Waals surface area contributed by atoms with Crippen molar-refractivity contribution in [2.24, 2.45) is 5.41 Å². The topological polar surface area (TPSA) is 67.4 Å². The van der Waals surface area contributed by atoms with Crippen LogP contribution in [0.15, 0.2) is 18.2 Å². The summed E-state index contributed by atoms with van der Waals surface area (Å²) in [6.45, 7) is 8.65. The van der Waals surface area contributed by atoms with Crippen LogP contribution in [0.5, 0.6) is 5.75 Å². The second-order valence-electron chi connectivity index (χ2n) is 6.18. The molecule has 0 aliphatic carbocycles. The summed E-state index contributed by atoms with van der Waals surface area (Å²) >= 11 is 0. The van der Waals surface area contributed by atoms with Crippen LogP contribution in [0.2, 0.25) is 0 Å². The Balaban J connectivity index is 2.15. The lowest BCUT2D eigenvalue weighted by Gasteiger charge is -2.25. The number of hydrogen-bond acceptors (Lipinski definition) is 3. The number of carbonyl (C=O) groups is 2. The molecule has 120 valence electrons. The second-order valence-corrected chi connectivity index (χ2v) is 6.18. The highest BCUT2D eigenvalue weighted by Gasteiger charge is 2.41. The number of amides is 2. The predicted octanol–water partition coefficient (Wildman–Crippen LogP) is 2.10. The van der Waals surface area contributed by atoms with Gasteiger partial charge in [-0.05, 0) is 33.8 Å². The van der Waals surface area contributed by atoms with Crippen molar-refractivity contribution in [3.8, 4) is 5.75 Å². The highest BCUT2D eigenvalue weighted by Crippen LogP contribution is 2.30. The second kappa shape index (κ2) is 6.38. The summed E-state index contributed by atoms with van der Waals surface area (Å²) in [4.78, 5) is 23.9. The molecule has 5 heteroatoms. The zero-order valence-corrected chi connectivity index (χ0v) is 13.7. The number of nitrogens with one attached hydrogen (secondary N) is 2. The molecule has 1 fully saturated rings. The predicted molar refractivity (Wildman–Crippen MR) is 84.6 cm³/mol. The number of rotatable bonds is 5. The third-order valence-corrected chi connectivity index (χ3v) is 4.05. The fourth-order valence-electron chi connectivity index (χ4n) is 2.68. The normalized spacial score (nSPS) is 22.1. The maximum Gasteiger partial charge on any atom is 0.228 e. The van der Waals surface area contributed by atoms with Gasteiger partial charge >= 0.3 is 0 Å². The zero-order valence-electron chi connectivity index (χ0n) is 13.7. The molecular weight excluding hydrogens is 280 g/mol. The molecule has 1 saturated heterocycles. The Morgan fingerprint density at radius 3 is 2.82 bits per heavy atom. The lowest BCUT2D eigenvalue weighted by Crippen LogP contribution is -2.41. The summed E-state index contributed by atoms with van der Waals surface area (Å²) in [5.41, 5.74) is 1.39. The average Bonchev–Trinajstić information content (AvgIpc) is 2.82. The van der Waals surface area contributed by atoms with Gasteiger partial charge in [0, 0.05) is 18.5 Å². The molecule has 22 heavy (non-hydrogen) atoms. The Kier molecular flexibility index (Phi) is 4.74. The molecule has 0 spiro atoms. The maximum absolute atomic E-state index is 12.5. The third-order valence-electron chi connectivity index (χ3n) is 4.05. The minimum Gasteiger partial charge on any atom is -0.494 e. The van der Waals surface area contributed by atoms with Gasteiger partial charge in [0.15, 0.2) is 0 Å². The molecule has 0 radical (unpaired) electrons. The summed E-state index contributed by atoms with van der Waals surface area (Å²) < 4.78 is 5.64. The Morgan fingerprint density at radius 1 is 1.50 bits per heavy atom. The van der Waals surface area contributed by atoms with Crippen molar-refractivity contribution in [3.05, 3.63) is 29.3 Å². The van der Waals surface area contributed by atoms with E-state index in [1.54, 1.807) is 0 Å². The van der Waals surface area contributed by atoms with Crippen molar-refractivity contribution in [2.45, 2.75) is 40.2 Å². The van der Waals surface area contributed by atoms with Gasteiger partial charge in [0.05, 0.1) is 18.1 Å². The zero-order chi connectivity index (χ0) is 16.3. The van der Waals surface area contributed by atoms with Crippen molar-refractivity contribution in [1.29, 1.82) is 0 Å². The molecule has 1 aromatic carbocycles. The quantitative estimate of drug-likeness (QED) is 0.875. The standard InChI is InChI=1S/C17H24N2O3/c1-5-22-14-7-6-11(2)8-13(14)12(3)19-16(21)17(4)9-15(20)18-10-17/h6-8,12H,5,9-10H2,1-4H3,(H,18,20)(H,19,21). The van der Waals surface area contributed by atoms with Crippen molar-refractivity contribution < 1.29 is 14.3 Å². The van der Waals surface area contributed by atoms with E-state index >= 15 is 0 Å². The van der Waals surface area contributed by atoms with Gasteiger partial charge in [0.1, 0.15) is 5.75 Å². The molecule has 2 amide bonds. The van der Waals surface area contributed by atoms with E-state index in [2.05, 4.69) is 10.6 Å². The van der Waals surface area contributed by atoms with Gasteiger partial charge in [-0.1, -0.05) is 17.7 Å². The largest absolute Gasteiger partial charge is 0.494 e. The number of hydrogen-bond donors (Lipinski definition) is 2. The van der Waals surface area contributed by atoms with Crippen LogP contribution in [0.25, 0.3) is 0 Å². The molecule has 1 aliphatic rings. The first-order valence-electron chi connectivity index (χ1n) is 7.67. The fraction of sp³-hybridized carbons (Fsp3) is 0.529. The monoisotopic (exact) mass is 304 g/mol. The van der Waals surface area contributed by atoms with Crippen LogP contribution in [0.3, 0.4) is 0 Å². The highest BCUT2D eigenvalue weighted by atomic mass is 16.5. The van der Waals surface area contributed by atoms with Gasteiger partial charge in [-0.3, -0.25) is 9.59 Å². The van der Waals surface area contributed by atoms with Crippen LogP contribution in [0.4, 0.5) is 0 Å². The molecule has 0 aromatic heterocycles. The molecule has 1 heterocycles. The lowest BCUT2D eigenvalue weighted by atomic mass is 9.88. The minimum atomic E-state index is -0.680. The SMILES string of the molecule is CCOc1ccc(C)cc1C(C)NC(=O)C1(C)CNC(=O)C1. The van der Waals surface area contributed by atoms with E-state index in [9.17, 15) is 9.59 Å². The van der Waals surface area contributed by atoms with Crippen molar-refractivity contribution >= 4 is 11.8 Å². The number of carbonyl (C=O) groups excluding carboxylic acids is 2. The third kappa shape index (κ3) is 3.40. The van der Waals surface area contributed by atoms with Gasteiger partial charge in [0.2, 0.25) is 11.8 Å². The van der Waals surface area contributed by atoms with E-state index in [0.717, 1.165) is 16.9 Å². The Hall–Kier alpha value is -2.04. The molecule has 1 aliphatic heterocycles. The van der Waals surface area contributed by atoms with Crippen molar-refractivity contribution in [2.75, 3.05) is 13.2 Å². The summed E-state index contributed by atoms with van der Waals surface area (Å²) in [7, 11) is 0. The van der Waals surface area contributed by atoms with Gasteiger partial charge in [-0.2, -0.15) is 0 Å². The van der Waals surface area contributed by atoms with E-state index in [-0.39, 0.29) is 24.3 Å². The molecule has 0 saturated carbocycles. The average molecular weight is 304 g/mol. The summed E-state index contributed by atoms with van der Waals surface area (Å²) in [5, 5.41) is 5.73. The van der Waals surface area contributed by atoms with Crippen molar-refractivity contribution in [3.63, 3.8) is 0 Å². The molecule has 0 bridgehead atoms.